The van der Waals surface area contributed by atoms with Gasteiger partial charge in [-0.05, 0) is 19.9 Å². The van der Waals surface area contributed by atoms with Gasteiger partial charge in [0.25, 0.3) is 5.92 Å². The van der Waals surface area contributed by atoms with Gasteiger partial charge in [-0.2, -0.15) is 0 Å². The van der Waals surface area contributed by atoms with E-state index in [-0.39, 0.29) is 17.1 Å². The molecule has 1 saturated heterocycles. The molecule has 0 aliphatic carbocycles. The summed E-state index contributed by atoms with van der Waals surface area (Å²) in [6, 6.07) is 5.08. The first-order valence-corrected chi connectivity index (χ1v) is 12.3. The molecule has 1 N–H and O–H groups in total. The van der Waals surface area contributed by atoms with Crippen molar-refractivity contribution in [3.8, 4) is 0 Å². The van der Waals surface area contributed by atoms with Gasteiger partial charge < -0.3 is 10.2 Å². The van der Waals surface area contributed by atoms with E-state index in [1.807, 2.05) is 17.9 Å². The Balaban J connectivity index is 1.69. The van der Waals surface area contributed by atoms with E-state index in [0.717, 1.165) is 11.8 Å². The summed E-state index contributed by atoms with van der Waals surface area (Å²) in [6.45, 7) is 4.84. The smallest absolute Gasteiger partial charge is 0.273 e. The van der Waals surface area contributed by atoms with Crippen molar-refractivity contribution in [2.24, 2.45) is 0 Å². The molecule has 1 fully saturated rings. The summed E-state index contributed by atoms with van der Waals surface area (Å²) in [7, 11) is -3.04. The van der Waals surface area contributed by atoms with Crippen LogP contribution in [0.5, 0.6) is 0 Å². The molecule has 0 saturated carbocycles. The van der Waals surface area contributed by atoms with Crippen molar-refractivity contribution in [3.63, 3.8) is 0 Å². The molecule has 7 nitrogen and oxygen atoms in total. The fraction of sp³-hybridized carbons (Fsp3) is 0.409. The van der Waals surface area contributed by atoms with E-state index >= 15 is 0 Å². The van der Waals surface area contributed by atoms with Crippen LogP contribution in [0.1, 0.15) is 36.7 Å². The van der Waals surface area contributed by atoms with Crippen LogP contribution in [-0.4, -0.2) is 48.0 Å². The SMILES string of the molecule is Cc1nc2ncnc(N[C@H](C)c3cccc(C(C)(F)F)c3F)c2cc1N1CCS(=O)(=O)CC1. The van der Waals surface area contributed by atoms with Crippen LogP contribution in [0, 0.1) is 12.7 Å². The van der Waals surface area contributed by atoms with Gasteiger partial charge in [-0.15, -0.1) is 0 Å². The quantitative estimate of drug-likeness (QED) is 0.592. The number of rotatable bonds is 5. The number of hydrogen-bond acceptors (Lipinski definition) is 7. The number of halogens is 3. The van der Waals surface area contributed by atoms with Gasteiger partial charge in [0.05, 0.1) is 39.9 Å². The van der Waals surface area contributed by atoms with Crippen molar-refractivity contribution in [3.05, 3.63) is 53.2 Å². The second kappa shape index (κ2) is 8.44. The summed E-state index contributed by atoms with van der Waals surface area (Å²) >= 11 is 0. The van der Waals surface area contributed by atoms with Crippen LogP contribution >= 0.6 is 0 Å². The summed E-state index contributed by atoms with van der Waals surface area (Å²) in [4.78, 5) is 15.0. The number of fused-ring (bicyclic) bond motifs is 1. The molecule has 176 valence electrons. The lowest BCUT2D eigenvalue weighted by Crippen LogP contribution is -2.40. The zero-order valence-corrected chi connectivity index (χ0v) is 19.3. The molecule has 1 aliphatic rings. The summed E-state index contributed by atoms with van der Waals surface area (Å²) in [5.41, 5.74) is 1.30. The zero-order valence-electron chi connectivity index (χ0n) is 18.4. The number of hydrogen-bond donors (Lipinski definition) is 1. The van der Waals surface area contributed by atoms with Gasteiger partial charge in [0, 0.05) is 25.6 Å². The molecular formula is C22H24F3N5O2S. The van der Waals surface area contributed by atoms with Crippen molar-refractivity contribution in [2.75, 3.05) is 34.8 Å². The third kappa shape index (κ3) is 4.73. The van der Waals surface area contributed by atoms with E-state index in [4.69, 9.17) is 0 Å². The van der Waals surface area contributed by atoms with E-state index < -0.39 is 33.2 Å². The van der Waals surface area contributed by atoms with Crippen molar-refractivity contribution in [2.45, 2.75) is 32.7 Å². The van der Waals surface area contributed by atoms with Gasteiger partial charge in [0.15, 0.2) is 15.5 Å². The minimum absolute atomic E-state index is 0.0651. The largest absolute Gasteiger partial charge is 0.368 e. The predicted octanol–water partition coefficient (Wildman–Crippen LogP) is 3.99. The van der Waals surface area contributed by atoms with Crippen LogP contribution in [0.25, 0.3) is 11.0 Å². The molecule has 1 atom stereocenters. The molecule has 0 unspecified atom stereocenters. The number of pyridine rings is 1. The summed E-state index contributed by atoms with van der Waals surface area (Å²) < 4.78 is 66.0. The molecular weight excluding hydrogens is 455 g/mol. The molecule has 2 aromatic heterocycles. The second-order valence-electron chi connectivity index (χ2n) is 8.29. The lowest BCUT2D eigenvalue weighted by molar-refractivity contribution is 0.0136. The van der Waals surface area contributed by atoms with E-state index in [1.54, 1.807) is 6.92 Å². The van der Waals surface area contributed by atoms with E-state index in [2.05, 4.69) is 20.3 Å². The van der Waals surface area contributed by atoms with Gasteiger partial charge in [-0.3, -0.25) is 0 Å². The van der Waals surface area contributed by atoms with Crippen LogP contribution in [0.15, 0.2) is 30.6 Å². The molecule has 0 amide bonds. The van der Waals surface area contributed by atoms with Gasteiger partial charge in [0.1, 0.15) is 18.0 Å². The standard InChI is InChI=1S/C22H24F3N5O2S/c1-13(15-5-4-6-17(19(15)23)22(3,24)25)28-20-16-11-18(14(2)29-21(16)27-12-26-20)30-7-9-33(31,32)10-8-30/h4-6,11-13H,7-10H2,1-3H3,(H,26,27,28,29)/t13-/m1/s1. The number of nitrogens with one attached hydrogen (secondary N) is 1. The van der Waals surface area contributed by atoms with Crippen LogP contribution < -0.4 is 10.2 Å². The highest BCUT2D eigenvalue weighted by molar-refractivity contribution is 7.91. The molecule has 3 aromatic rings. The lowest BCUT2D eigenvalue weighted by atomic mass is 10.0. The Morgan fingerprint density at radius 1 is 1.18 bits per heavy atom. The summed E-state index contributed by atoms with van der Waals surface area (Å²) in [5, 5.41) is 3.66. The number of benzene rings is 1. The van der Waals surface area contributed by atoms with Gasteiger partial charge in [-0.1, -0.05) is 18.2 Å². The molecule has 11 heteroatoms. The van der Waals surface area contributed by atoms with Crippen LogP contribution in [0.4, 0.5) is 24.7 Å². The first-order valence-electron chi connectivity index (χ1n) is 10.5. The Labute approximate surface area is 190 Å². The van der Waals surface area contributed by atoms with E-state index in [1.165, 1.54) is 18.5 Å². The lowest BCUT2D eigenvalue weighted by Gasteiger charge is -2.30. The van der Waals surface area contributed by atoms with Gasteiger partial charge in [0.2, 0.25) is 0 Å². The molecule has 0 radical (unpaired) electrons. The second-order valence-corrected chi connectivity index (χ2v) is 10.6. The van der Waals surface area contributed by atoms with Crippen molar-refractivity contribution < 1.29 is 21.6 Å². The van der Waals surface area contributed by atoms with Gasteiger partial charge >= 0.3 is 0 Å². The Morgan fingerprint density at radius 3 is 2.55 bits per heavy atom. The van der Waals surface area contributed by atoms with Crippen molar-refractivity contribution in [1.82, 2.24) is 15.0 Å². The molecule has 33 heavy (non-hydrogen) atoms. The fourth-order valence-corrected chi connectivity index (χ4v) is 5.16. The highest BCUT2D eigenvalue weighted by atomic mass is 32.2. The zero-order chi connectivity index (χ0) is 24.0. The Hall–Kier alpha value is -2.95. The van der Waals surface area contributed by atoms with Crippen LogP contribution in [-0.2, 0) is 15.8 Å². The number of nitrogens with zero attached hydrogens (tertiary/aromatic N) is 4. The Bertz CT molecular complexity index is 1300. The normalized spacial score (nSPS) is 17.2. The number of aryl methyl sites for hydroxylation is 1. The highest BCUT2D eigenvalue weighted by Crippen LogP contribution is 2.34. The third-order valence-corrected chi connectivity index (χ3v) is 7.40. The molecule has 1 aliphatic heterocycles. The number of alkyl halides is 2. The molecule has 0 spiro atoms. The maximum Gasteiger partial charge on any atom is 0.273 e. The maximum atomic E-state index is 14.8. The van der Waals surface area contributed by atoms with Crippen molar-refractivity contribution >= 4 is 32.4 Å². The van der Waals surface area contributed by atoms with Crippen LogP contribution in [0.3, 0.4) is 0 Å². The number of sulfone groups is 1. The third-order valence-electron chi connectivity index (χ3n) is 5.79. The minimum Gasteiger partial charge on any atom is -0.368 e. The van der Waals surface area contributed by atoms with Gasteiger partial charge in [-0.25, -0.2) is 36.5 Å². The average molecular weight is 480 g/mol. The summed E-state index contributed by atoms with van der Waals surface area (Å²) in [5.74, 6) is -3.77. The fourth-order valence-electron chi connectivity index (χ4n) is 3.96. The first-order chi connectivity index (χ1) is 15.5. The first kappa shape index (κ1) is 23.2. The Morgan fingerprint density at radius 2 is 1.88 bits per heavy atom. The number of aromatic nitrogens is 3. The highest BCUT2D eigenvalue weighted by Gasteiger charge is 2.30. The Kier molecular flexibility index (Phi) is 5.94. The molecule has 3 heterocycles. The van der Waals surface area contributed by atoms with Crippen molar-refractivity contribution in [1.29, 1.82) is 0 Å². The molecule has 4 rings (SSSR count). The molecule has 1 aromatic carbocycles. The van der Waals surface area contributed by atoms with E-state index in [0.29, 0.717) is 42.6 Å². The minimum atomic E-state index is -3.31. The average Bonchev–Trinajstić information content (AvgIpc) is 2.73. The maximum absolute atomic E-state index is 14.8. The van der Waals surface area contributed by atoms with Crippen LogP contribution in [0.2, 0.25) is 0 Å². The monoisotopic (exact) mass is 479 g/mol. The molecule has 0 bridgehead atoms. The summed E-state index contributed by atoms with van der Waals surface area (Å²) in [6.07, 6.45) is 1.32. The van der Waals surface area contributed by atoms with E-state index in [9.17, 15) is 21.6 Å². The topological polar surface area (TPSA) is 88.1 Å². The number of anilines is 2. The predicted molar refractivity (Wildman–Crippen MR) is 121 cm³/mol.